The van der Waals surface area contributed by atoms with E-state index in [9.17, 15) is 4.79 Å². The molecule has 3 rings (SSSR count). The first-order chi connectivity index (χ1) is 11.4. The Labute approximate surface area is 140 Å². The number of carbonyl (C=O) groups is 1. The fourth-order valence-electron chi connectivity index (χ4n) is 2.62. The van der Waals surface area contributed by atoms with Gasteiger partial charge in [-0.2, -0.15) is 4.98 Å². The SMILES string of the molecule is Cc1cc(N(C)C)nc(N2CCN(C(=O)c3cn(C)nn3)CC2)n1. The zero-order valence-corrected chi connectivity index (χ0v) is 14.5. The second-order valence-corrected chi connectivity index (χ2v) is 6.12. The number of anilines is 2. The summed E-state index contributed by atoms with van der Waals surface area (Å²) < 4.78 is 1.53. The van der Waals surface area contributed by atoms with Crippen LogP contribution in [0.15, 0.2) is 12.3 Å². The second kappa shape index (κ2) is 6.42. The van der Waals surface area contributed by atoms with E-state index in [4.69, 9.17) is 0 Å². The van der Waals surface area contributed by atoms with E-state index in [-0.39, 0.29) is 5.91 Å². The maximum Gasteiger partial charge on any atom is 0.276 e. The van der Waals surface area contributed by atoms with Crippen LogP contribution in [0, 0.1) is 6.92 Å². The van der Waals surface area contributed by atoms with Crippen LogP contribution in [0.2, 0.25) is 0 Å². The monoisotopic (exact) mass is 330 g/mol. The van der Waals surface area contributed by atoms with E-state index in [0.717, 1.165) is 11.5 Å². The molecule has 0 N–H and O–H groups in total. The topological polar surface area (TPSA) is 83.3 Å². The van der Waals surface area contributed by atoms with Crippen molar-refractivity contribution >= 4 is 17.7 Å². The summed E-state index contributed by atoms with van der Waals surface area (Å²) in [6.07, 6.45) is 1.64. The predicted octanol–water partition coefficient (Wildman–Crippen LogP) is -0.0581. The number of nitrogens with zero attached hydrogens (tertiary/aromatic N) is 8. The molecule has 0 unspecified atom stereocenters. The standard InChI is InChI=1S/C15H22N8O/c1-11-9-13(20(2)3)17-15(16-11)23-7-5-22(6-8-23)14(24)12-10-21(4)19-18-12/h9-10H,5-8H2,1-4H3. The molecule has 2 aromatic heterocycles. The van der Waals surface area contributed by atoms with Gasteiger partial charge in [0.1, 0.15) is 5.82 Å². The molecule has 0 saturated carbocycles. The van der Waals surface area contributed by atoms with Crippen molar-refractivity contribution in [3.8, 4) is 0 Å². The average molecular weight is 330 g/mol. The molecule has 0 aliphatic carbocycles. The van der Waals surface area contributed by atoms with Crippen molar-refractivity contribution in [3.05, 3.63) is 23.7 Å². The van der Waals surface area contributed by atoms with Gasteiger partial charge in [0.15, 0.2) is 5.69 Å². The summed E-state index contributed by atoms with van der Waals surface area (Å²) in [5.41, 5.74) is 1.31. The van der Waals surface area contributed by atoms with Crippen molar-refractivity contribution in [2.75, 3.05) is 50.1 Å². The van der Waals surface area contributed by atoms with Crippen LogP contribution < -0.4 is 9.80 Å². The summed E-state index contributed by atoms with van der Waals surface area (Å²) in [5.74, 6) is 1.52. The summed E-state index contributed by atoms with van der Waals surface area (Å²) in [6.45, 7) is 4.59. The zero-order valence-electron chi connectivity index (χ0n) is 14.5. The van der Waals surface area contributed by atoms with Crippen LogP contribution in [0.25, 0.3) is 0 Å². The smallest absolute Gasteiger partial charge is 0.276 e. The van der Waals surface area contributed by atoms with Crippen LogP contribution in [0.4, 0.5) is 11.8 Å². The van der Waals surface area contributed by atoms with E-state index in [1.54, 1.807) is 18.1 Å². The third-order valence-corrected chi connectivity index (χ3v) is 3.96. The van der Waals surface area contributed by atoms with Gasteiger partial charge in [-0.05, 0) is 6.92 Å². The van der Waals surface area contributed by atoms with Crippen molar-refractivity contribution in [2.45, 2.75) is 6.92 Å². The van der Waals surface area contributed by atoms with Crippen LogP contribution in [0.5, 0.6) is 0 Å². The van der Waals surface area contributed by atoms with E-state index >= 15 is 0 Å². The van der Waals surface area contributed by atoms with Gasteiger partial charge >= 0.3 is 0 Å². The largest absolute Gasteiger partial charge is 0.363 e. The number of hydrogen-bond donors (Lipinski definition) is 0. The Hall–Kier alpha value is -2.71. The average Bonchev–Trinajstić information content (AvgIpc) is 3.00. The first-order valence-electron chi connectivity index (χ1n) is 7.87. The Kier molecular flexibility index (Phi) is 4.32. The van der Waals surface area contributed by atoms with Gasteiger partial charge in [0.25, 0.3) is 5.91 Å². The third kappa shape index (κ3) is 3.29. The molecule has 0 aromatic carbocycles. The molecule has 0 bridgehead atoms. The molecule has 3 heterocycles. The molecule has 2 aromatic rings. The van der Waals surface area contributed by atoms with Gasteiger partial charge in [0.2, 0.25) is 5.95 Å². The van der Waals surface area contributed by atoms with Crippen molar-refractivity contribution < 1.29 is 4.79 Å². The minimum Gasteiger partial charge on any atom is -0.363 e. The van der Waals surface area contributed by atoms with Gasteiger partial charge in [0, 0.05) is 59.1 Å². The van der Waals surface area contributed by atoms with E-state index in [1.807, 2.05) is 32.0 Å². The summed E-state index contributed by atoms with van der Waals surface area (Å²) in [5, 5.41) is 7.70. The highest BCUT2D eigenvalue weighted by molar-refractivity contribution is 5.92. The van der Waals surface area contributed by atoms with Gasteiger partial charge < -0.3 is 14.7 Å². The maximum absolute atomic E-state index is 12.4. The minimum absolute atomic E-state index is 0.0816. The number of aryl methyl sites for hydroxylation is 2. The molecule has 0 spiro atoms. The Morgan fingerprint density at radius 3 is 2.46 bits per heavy atom. The highest BCUT2D eigenvalue weighted by Crippen LogP contribution is 2.17. The van der Waals surface area contributed by atoms with E-state index in [1.165, 1.54) is 4.68 Å². The number of hydrogen-bond acceptors (Lipinski definition) is 7. The van der Waals surface area contributed by atoms with Crippen molar-refractivity contribution in [1.29, 1.82) is 0 Å². The van der Waals surface area contributed by atoms with Crippen molar-refractivity contribution in [2.24, 2.45) is 7.05 Å². The summed E-state index contributed by atoms with van der Waals surface area (Å²) in [4.78, 5) is 27.4. The Bertz CT molecular complexity index is 733. The molecule has 1 amide bonds. The lowest BCUT2D eigenvalue weighted by Gasteiger charge is -2.34. The Balaban J connectivity index is 1.68. The lowest BCUT2D eigenvalue weighted by molar-refractivity contribution is 0.0740. The number of carbonyl (C=O) groups excluding carboxylic acids is 1. The maximum atomic E-state index is 12.4. The second-order valence-electron chi connectivity index (χ2n) is 6.12. The minimum atomic E-state index is -0.0816. The third-order valence-electron chi connectivity index (χ3n) is 3.96. The number of aromatic nitrogens is 5. The number of amides is 1. The summed E-state index contributed by atoms with van der Waals surface area (Å²) >= 11 is 0. The highest BCUT2D eigenvalue weighted by atomic mass is 16.2. The quantitative estimate of drug-likeness (QED) is 0.780. The highest BCUT2D eigenvalue weighted by Gasteiger charge is 2.25. The molecule has 1 fully saturated rings. The number of rotatable bonds is 3. The van der Waals surface area contributed by atoms with Crippen LogP contribution in [0.1, 0.15) is 16.2 Å². The Morgan fingerprint density at radius 2 is 1.88 bits per heavy atom. The molecule has 128 valence electrons. The zero-order chi connectivity index (χ0) is 17.3. The summed E-state index contributed by atoms with van der Waals surface area (Å²) in [7, 11) is 5.67. The van der Waals surface area contributed by atoms with E-state index < -0.39 is 0 Å². The van der Waals surface area contributed by atoms with Crippen LogP contribution in [0.3, 0.4) is 0 Å². The first kappa shape index (κ1) is 16.2. The molecule has 0 radical (unpaired) electrons. The fraction of sp³-hybridized carbons (Fsp3) is 0.533. The molecule has 1 aliphatic rings. The van der Waals surface area contributed by atoms with E-state index in [0.29, 0.717) is 37.8 Å². The van der Waals surface area contributed by atoms with Gasteiger partial charge in [-0.15, -0.1) is 5.10 Å². The van der Waals surface area contributed by atoms with Crippen molar-refractivity contribution in [3.63, 3.8) is 0 Å². The molecular formula is C15H22N8O. The molecular weight excluding hydrogens is 308 g/mol. The Morgan fingerprint density at radius 1 is 1.17 bits per heavy atom. The molecule has 9 heteroatoms. The molecule has 1 aliphatic heterocycles. The van der Waals surface area contributed by atoms with Gasteiger partial charge in [-0.25, -0.2) is 4.98 Å². The predicted molar refractivity (Wildman–Crippen MR) is 90.2 cm³/mol. The molecule has 0 atom stereocenters. The van der Waals surface area contributed by atoms with E-state index in [2.05, 4.69) is 25.2 Å². The molecule has 1 saturated heterocycles. The summed E-state index contributed by atoms with van der Waals surface area (Å²) in [6, 6.07) is 1.96. The normalized spacial score (nSPS) is 14.8. The molecule has 9 nitrogen and oxygen atoms in total. The lowest BCUT2D eigenvalue weighted by Crippen LogP contribution is -2.49. The van der Waals surface area contributed by atoms with Gasteiger partial charge in [-0.3, -0.25) is 9.48 Å². The van der Waals surface area contributed by atoms with Gasteiger partial charge in [-0.1, -0.05) is 5.21 Å². The first-order valence-corrected chi connectivity index (χ1v) is 7.87. The van der Waals surface area contributed by atoms with Crippen molar-refractivity contribution in [1.82, 2.24) is 29.9 Å². The van der Waals surface area contributed by atoms with Gasteiger partial charge in [0.05, 0.1) is 6.20 Å². The van der Waals surface area contributed by atoms with Crippen LogP contribution in [-0.2, 0) is 7.05 Å². The van der Waals surface area contributed by atoms with Crippen LogP contribution >= 0.6 is 0 Å². The fourth-order valence-corrected chi connectivity index (χ4v) is 2.62. The number of piperazine rings is 1. The van der Waals surface area contributed by atoms with Crippen LogP contribution in [-0.4, -0.2) is 76.0 Å². The lowest BCUT2D eigenvalue weighted by atomic mass is 10.3. The molecule has 24 heavy (non-hydrogen) atoms.